The Labute approximate surface area is 123 Å². The van der Waals surface area contributed by atoms with Crippen LogP contribution in [0.4, 0.5) is 5.69 Å². The quantitative estimate of drug-likeness (QED) is 0.293. The predicted octanol–water partition coefficient (Wildman–Crippen LogP) is 2.12. The third kappa shape index (κ3) is 3.02. The predicted molar refractivity (Wildman–Crippen MR) is 83.0 cm³/mol. The molecule has 2 rings (SSSR count). The zero-order valence-corrected chi connectivity index (χ0v) is 12.7. The molecule has 6 heteroatoms. The molecule has 5 nitrogen and oxygen atoms in total. The van der Waals surface area contributed by atoms with Gasteiger partial charge in [0.1, 0.15) is 0 Å². The van der Waals surface area contributed by atoms with E-state index in [0.29, 0.717) is 0 Å². The van der Waals surface area contributed by atoms with Gasteiger partial charge in [0, 0.05) is 30.8 Å². The van der Waals surface area contributed by atoms with Gasteiger partial charge in [0.15, 0.2) is 5.84 Å². The van der Waals surface area contributed by atoms with Crippen LogP contribution in [0, 0.1) is 0 Å². The van der Waals surface area contributed by atoms with Gasteiger partial charge in [-0.3, -0.25) is 0 Å². The number of ether oxygens (including phenoxy) is 1. The smallest absolute Gasteiger partial charge is 0.173 e. The van der Waals surface area contributed by atoms with Crippen LogP contribution in [-0.4, -0.2) is 43.6 Å². The fraction of sp³-hybridized carbons (Fsp3) is 0.500. The van der Waals surface area contributed by atoms with Gasteiger partial charge in [0.05, 0.1) is 11.7 Å². The second kappa shape index (κ2) is 6.85. The van der Waals surface area contributed by atoms with Gasteiger partial charge < -0.3 is 20.6 Å². The minimum Gasteiger partial charge on any atom is -0.409 e. The number of piperidine rings is 1. The van der Waals surface area contributed by atoms with E-state index in [4.69, 9.17) is 15.7 Å². The molecule has 0 radical (unpaired) electrons. The van der Waals surface area contributed by atoms with Crippen molar-refractivity contribution in [3.63, 3.8) is 0 Å². The van der Waals surface area contributed by atoms with E-state index in [0.717, 1.165) is 42.1 Å². The maximum atomic E-state index is 9.04. The van der Waals surface area contributed by atoms with Crippen LogP contribution in [0.3, 0.4) is 0 Å². The number of benzene rings is 1. The second-order valence-electron chi connectivity index (χ2n) is 4.79. The molecule has 0 aliphatic carbocycles. The minimum atomic E-state index is 0.157. The summed E-state index contributed by atoms with van der Waals surface area (Å²) in [6.45, 7) is 1.80. The standard InChI is InChI=1S/C14H21N3O2S/c1-19-10-5-4-8-17(9-10)11-6-3-7-12(20-2)13(11)14(15)16-18/h3,6-7,10,18H,4-5,8-9H2,1-2H3,(H2,15,16). The molecule has 1 aromatic carbocycles. The molecule has 1 unspecified atom stereocenters. The highest BCUT2D eigenvalue weighted by molar-refractivity contribution is 7.98. The molecule has 1 aliphatic rings. The summed E-state index contributed by atoms with van der Waals surface area (Å²) in [5.74, 6) is 0.157. The minimum absolute atomic E-state index is 0.157. The highest BCUT2D eigenvalue weighted by Gasteiger charge is 2.23. The normalized spacial score (nSPS) is 20.2. The zero-order valence-electron chi connectivity index (χ0n) is 11.9. The van der Waals surface area contributed by atoms with Crippen molar-refractivity contribution in [3.8, 4) is 0 Å². The molecule has 3 N–H and O–H groups in total. The number of anilines is 1. The van der Waals surface area contributed by atoms with Gasteiger partial charge >= 0.3 is 0 Å². The summed E-state index contributed by atoms with van der Waals surface area (Å²) >= 11 is 1.59. The summed E-state index contributed by atoms with van der Waals surface area (Å²) in [5, 5.41) is 12.2. The average molecular weight is 295 g/mol. The molecule has 20 heavy (non-hydrogen) atoms. The monoisotopic (exact) mass is 295 g/mol. The van der Waals surface area contributed by atoms with Crippen molar-refractivity contribution in [2.45, 2.75) is 23.8 Å². The summed E-state index contributed by atoms with van der Waals surface area (Å²) in [6, 6.07) is 6.01. The van der Waals surface area contributed by atoms with E-state index >= 15 is 0 Å². The largest absolute Gasteiger partial charge is 0.409 e. The third-order valence-electron chi connectivity index (χ3n) is 3.64. The lowest BCUT2D eigenvalue weighted by Gasteiger charge is -2.35. The molecule has 0 aromatic heterocycles. The van der Waals surface area contributed by atoms with E-state index in [1.54, 1.807) is 18.9 Å². The van der Waals surface area contributed by atoms with Crippen LogP contribution in [-0.2, 0) is 4.74 Å². The van der Waals surface area contributed by atoms with Crippen LogP contribution in [0.5, 0.6) is 0 Å². The van der Waals surface area contributed by atoms with E-state index in [1.807, 2.05) is 24.5 Å². The number of amidine groups is 1. The maximum Gasteiger partial charge on any atom is 0.173 e. The Bertz CT molecular complexity index is 493. The molecule has 0 spiro atoms. The van der Waals surface area contributed by atoms with Gasteiger partial charge in [-0.15, -0.1) is 11.8 Å². The molecule has 110 valence electrons. The molecule has 0 amide bonds. The number of methoxy groups -OCH3 is 1. The van der Waals surface area contributed by atoms with Crippen molar-refractivity contribution in [2.24, 2.45) is 10.9 Å². The first kappa shape index (κ1) is 15.0. The summed E-state index contributed by atoms with van der Waals surface area (Å²) in [7, 11) is 1.75. The van der Waals surface area contributed by atoms with E-state index in [-0.39, 0.29) is 11.9 Å². The summed E-state index contributed by atoms with van der Waals surface area (Å²) in [4.78, 5) is 3.27. The Balaban J connectivity index is 2.40. The van der Waals surface area contributed by atoms with Crippen LogP contribution in [0.1, 0.15) is 18.4 Å². The lowest BCUT2D eigenvalue weighted by molar-refractivity contribution is 0.0893. The fourth-order valence-electron chi connectivity index (χ4n) is 2.61. The Kier molecular flexibility index (Phi) is 5.14. The molecule has 1 aromatic rings. The molecular weight excluding hydrogens is 274 g/mol. The van der Waals surface area contributed by atoms with E-state index in [2.05, 4.69) is 10.1 Å². The van der Waals surface area contributed by atoms with Crippen LogP contribution in [0.15, 0.2) is 28.3 Å². The summed E-state index contributed by atoms with van der Waals surface area (Å²) < 4.78 is 5.47. The number of oxime groups is 1. The van der Waals surface area contributed by atoms with Crippen molar-refractivity contribution < 1.29 is 9.94 Å². The number of rotatable bonds is 4. The molecule has 1 aliphatic heterocycles. The Morgan fingerprint density at radius 3 is 3.00 bits per heavy atom. The number of nitrogens with zero attached hydrogens (tertiary/aromatic N) is 2. The van der Waals surface area contributed by atoms with E-state index < -0.39 is 0 Å². The van der Waals surface area contributed by atoms with Gasteiger partial charge in [0.2, 0.25) is 0 Å². The Morgan fingerprint density at radius 1 is 1.55 bits per heavy atom. The van der Waals surface area contributed by atoms with Crippen molar-refractivity contribution in [1.29, 1.82) is 0 Å². The van der Waals surface area contributed by atoms with Gasteiger partial charge in [0.25, 0.3) is 0 Å². The molecule has 0 saturated carbocycles. The topological polar surface area (TPSA) is 71.1 Å². The molecule has 1 heterocycles. The van der Waals surface area contributed by atoms with Gasteiger partial charge in [-0.05, 0) is 31.2 Å². The van der Waals surface area contributed by atoms with Crippen molar-refractivity contribution >= 4 is 23.3 Å². The summed E-state index contributed by atoms with van der Waals surface area (Å²) in [6.07, 6.45) is 4.38. The van der Waals surface area contributed by atoms with Crippen LogP contribution < -0.4 is 10.6 Å². The van der Waals surface area contributed by atoms with E-state index in [1.165, 1.54) is 0 Å². The molecule has 1 fully saturated rings. The second-order valence-corrected chi connectivity index (χ2v) is 5.63. The molecular formula is C14H21N3O2S. The molecule has 0 bridgehead atoms. The van der Waals surface area contributed by atoms with Crippen molar-refractivity contribution in [1.82, 2.24) is 0 Å². The van der Waals surface area contributed by atoms with Crippen molar-refractivity contribution in [3.05, 3.63) is 23.8 Å². The van der Waals surface area contributed by atoms with Gasteiger partial charge in [-0.25, -0.2) is 0 Å². The SMILES string of the molecule is COC1CCCN(c2cccc(SC)c2/C(N)=N/O)C1. The molecule has 1 atom stereocenters. The lowest BCUT2D eigenvalue weighted by atomic mass is 10.0. The third-order valence-corrected chi connectivity index (χ3v) is 4.42. The first-order valence-corrected chi connectivity index (χ1v) is 7.86. The lowest BCUT2D eigenvalue weighted by Crippen LogP contribution is -2.40. The fourth-order valence-corrected chi connectivity index (χ4v) is 3.24. The van der Waals surface area contributed by atoms with Crippen LogP contribution in [0.2, 0.25) is 0 Å². The average Bonchev–Trinajstić information content (AvgIpc) is 2.53. The Morgan fingerprint density at radius 2 is 2.35 bits per heavy atom. The Hall–Kier alpha value is -1.40. The van der Waals surface area contributed by atoms with Gasteiger partial charge in [-0.2, -0.15) is 0 Å². The number of nitrogens with two attached hydrogens (primary N) is 1. The first-order valence-electron chi connectivity index (χ1n) is 6.64. The molecule has 1 saturated heterocycles. The number of thioether (sulfide) groups is 1. The number of hydrogen-bond donors (Lipinski definition) is 2. The maximum absolute atomic E-state index is 9.04. The zero-order chi connectivity index (χ0) is 14.5. The summed E-state index contributed by atoms with van der Waals surface area (Å²) in [5.41, 5.74) is 7.69. The van der Waals surface area contributed by atoms with Crippen molar-refractivity contribution in [2.75, 3.05) is 31.4 Å². The highest BCUT2D eigenvalue weighted by atomic mass is 32.2. The van der Waals surface area contributed by atoms with E-state index in [9.17, 15) is 0 Å². The number of hydrogen-bond acceptors (Lipinski definition) is 5. The van der Waals surface area contributed by atoms with Gasteiger partial charge in [-0.1, -0.05) is 11.2 Å². The highest BCUT2D eigenvalue weighted by Crippen LogP contribution is 2.31. The van der Waals surface area contributed by atoms with Crippen LogP contribution >= 0.6 is 11.8 Å². The first-order chi connectivity index (χ1) is 9.71. The van der Waals surface area contributed by atoms with Crippen LogP contribution in [0.25, 0.3) is 0 Å².